The molecule has 1 saturated carbocycles. The second-order valence-corrected chi connectivity index (χ2v) is 6.58. The lowest BCUT2D eigenvalue weighted by molar-refractivity contribution is -0.127. The number of ether oxygens (including phenoxy) is 1. The third kappa shape index (κ3) is 4.26. The molecule has 2 aliphatic rings. The van der Waals surface area contributed by atoms with E-state index in [0.717, 1.165) is 25.8 Å². The summed E-state index contributed by atoms with van der Waals surface area (Å²) in [6.07, 6.45) is 4.18. The van der Waals surface area contributed by atoms with Crippen LogP contribution in [0.15, 0.2) is 0 Å². The molecule has 2 rings (SSSR count). The third-order valence-corrected chi connectivity index (χ3v) is 4.55. The number of aliphatic hydroxyl groups is 1. The van der Waals surface area contributed by atoms with Crippen LogP contribution in [-0.2, 0) is 9.53 Å². The van der Waals surface area contributed by atoms with E-state index < -0.39 is 5.60 Å². The number of rotatable bonds is 4. The van der Waals surface area contributed by atoms with Gasteiger partial charge in [0.25, 0.3) is 0 Å². The van der Waals surface area contributed by atoms with Crippen molar-refractivity contribution in [3.05, 3.63) is 0 Å². The summed E-state index contributed by atoms with van der Waals surface area (Å²) in [7, 11) is 2.01. The van der Waals surface area contributed by atoms with E-state index in [1.165, 1.54) is 0 Å². The second-order valence-electron chi connectivity index (χ2n) is 6.58. The van der Waals surface area contributed by atoms with Crippen LogP contribution in [0.1, 0.15) is 39.0 Å². The van der Waals surface area contributed by atoms with Crippen molar-refractivity contribution in [3.63, 3.8) is 0 Å². The topological polar surface area (TPSA) is 49.8 Å². The molecule has 1 N–H and O–H groups in total. The summed E-state index contributed by atoms with van der Waals surface area (Å²) in [6.45, 7) is 4.94. The first-order chi connectivity index (χ1) is 8.98. The van der Waals surface area contributed by atoms with E-state index in [1.54, 1.807) is 0 Å². The summed E-state index contributed by atoms with van der Waals surface area (Å²) in [5.41, 5.74) is -0.629. The molecule has 2 unspecified atom stereocenters. The normalized spacial score (nSPS) is 31.7. The predicted molar refractivity (Wildman–Crippen MR) is 74.0 cm³/mol. The number of hydrogen-bond donors (Lipinski definition) is 1. The molecule has 0 aromatic rings. The number of Topliss-reactive ketones (excluding diaryl/α,β-unsaturated/α-hetero) is 1. The van der Waals surface area contributed by atoms with Crippen molar-refractivity contribution < 1.29 is 14.6 Å². The minimum atomic E-state index is -0.629. The fourth-order valence-electron chi connectivity index (χ4n) is 3.36. The average molecular weight is 269 g/mol. The molecule has 1 saturated heterocycles. The van der Waals surface area contributed by atoms with Crippen LogP contribution in [-0.4, -0.2) is 54.7 Å². The van der Waals surface area contributed by atoms with Crippen molar-refractivity contribution in [1.29, 1.82) is 0 Å². The number of carbonyl (C=O) groups is 1. The van der Waals surface area contributed by atoms with Crippen LogP contribution >= 0.6 is 0 Å². The number of nitrogens with zero attached hydrogens (tertiary/aromatic N) is 1. The minimum absolute atomic E-state index is 0.164. The fourth-order valence-corrected chi connectivity index (χ4v) is 3.36. The highest BCUT2D eigenvalue weighted by molar-refractivity contribution is 5.81. The summed E-state index contributed by atoms with van der Waals surface area (Å²) in [5.74, 6) is 1.23. The zero-order valence-corrected chi connectivity index (χ0v) is 12.2. The Kier molecular flexibility index (Phi) is 4.98. The zero-order chi connectivity index (χ0) is 13.9. The van der Waals surface area contributed by atoms with Gasteiger partial charge in [-0.05, 0) is 25.8 Å². The summed E-state index contributed by atoms with van der Waals surface area (Å²) in [5, 5.41) is 10.5. The molecule has 110 valence electrons. The Morgan fingerprint density at radius 1 is 1.42 bits per heavy atom. The van der Waals surface area contributed by atoms with Crippen molar-refractivity contribution >= 4 is 5.78 Å². The standard InChI is InChI=1S/C15H27NO3/c1-12-3-4-14(17)13(9-12)10-16(2)11-15(18)5-7-19-8-6-15/h12-13,18H,3-11H2,1-2H3. The summed E-state index contributed by atoms with van der Waals surface area (Å²) in [6, 6.07) is 0. The lowest BCUT2D eigenvalue weighted by Crippen LogP contribution is -2.47. The molecule has 0 aromatic heterocycles. The van der Waals surface area contributed by atoms with Crippen LogP contribution < -0.4 is 0 Å². The number of likely N-dealkylation sites (N-methyl/N-ethyl adjacent to an activating group) is 1. The van der Waals surface area contributed by atoms with Gasteiger partial charge in [0.15, 0.2) is 0 Å². The molecule has 0 aromatic carbocycles. The van der Waals surface area contributed by atoms with Crippen LogP contribution in [0.3, 0.4) is 0 Å². The van der Waals surface area contributed by atoms with Gasteiger partial charge in [-0.25, -0.2) is 0 Å². The average Bonchev–Trinajstić information content (AvgIpc) is 2.34. The Morgan fingerprint density at radius 3 is 2.79 bits per heavy atom. The maximum atomic E-state index is 11.9. The van der Waals surface area contributed by atoms with E-state index in [-0.39, 0.29) is 5.92 Å². The first kappa shape index (κ1) is 14.9. The molecule has 2 fully saturated rings. The highest BCUT2D eigenvalue weighted by Gasteiger charge is 2.33. The number of hydrogen-bond acceptors (Lipinski definition) is 4. The first-order valence-corrected chi connectivity index (χ1v) is 7.50. The summed E-state index contributed by atoms with van der Waals surface area (Å²) < 4.78 is 5.29. The first-order valence-electron chi connectivity index (χ1n) is 7.50. The Balaban J connectivity index is 1.82. The van der Waals surface area contributed by atoms with Crippen LogP contribution in [0.2, 0.25) is 0 Å². The van der Waals surface area contributed by atoms with Crippen molar-refractivity contribution in [2.24, 2.45) is 11.8 Å². The van der Waals surface area contributed by atoms with Gasteiger partial charge in [-0.1, -0.05) is 6.92 Å². The van der Waals surface area contributed by atoms with Crippen molar-refractivity contribution in [3.8, 4) is 0 Å². The lowest BCUT2D eigenvalue weighted by Gasteiger charge is -2.37. The van der Waals surface area contributed by atoms with Crippen LogP contribution in [0.5, 0.6) is 0 Å². The van der Waals surface area contributed by atoms with Gasteiger partial charge in [0, 0.05) is 51.5 Å². The highest BCUT2D eigenvalue weighted by atomic mass is 16.5. The highest BCUT2D eigenvalue weighted by Crippen LogP contribution is 2.27. The van der Waals surface area contributed by atoms with Gasteiger partial charge in [0.05, 0.1) is 5.60 Å². The molecule has 4 heteroatoms. The molecule has 0 bridgehead atoms. The van der Waals surface area contributed by atoms with E-state index in [4.69, 9.17) is 4.74 Å². The van der Waals surface area contributed by atoms with Gasteiger partial charge in [0.1, 0.15) is 5.78 Å². The number of ketones is 1. The van der Waals surface area contributed by atoms with Crippen LogP contribution in [0.4, 0.5) is 0 Å². The maximum Gasteiger partial charge on any atom is 0.137 e. The van der Waals surface area contributed by atoms with Gasteiger partial charge in [-0.3, -0.25) is 4.79 Å². The molecular weight excluding hydrogens is 242 g/mol. The molecule has 1 aliphatic heterocycles. The van der Waals surface area contributed by atoms with Gasteiger partial charge in [-0.15, -0.1) is 0 Å². The fraction of sp³-hybridized carbons (Fsp3) is 0.933. The van der Waals surface area contributed by atoms with Crippen molar-refractivity contribution in [1.82, 2.24) is 4.90 Å². The molecule has 2 atom stereocenters. The molecular formula is C15H27NO3. The van der Waals surface area contributed by atoms with Gasteiger partial charge >= 0.3 is 0 Å². The lowest BCUT2D eigenvalue weighted by atomic mass is 9.81. The van der Waals surface area contributed by atoms with Crippen molar-refractivity contribution in [2.45, 2.75) is 44.6 Å². The molecule has 1 heterocycles. The summed E-state index contributed by atoms with van der Waals surface area (Å²) in [4.78, 5) is 14.1. The zero-order valence-electron chi connectivity index (χ0n) is 12.2. The number of carbonyl (C=O) groups excluding carboxylic acids is 1. The molecule has 0 radical (unpaired) electrons. The van der Waals surface area contributed by atoms with Crippen LogP contribution in [0.25, 0.3) is 0 Å². The van der Waals surface area contributed by atoms with Gasteiger partial charge in [0.2, 0.25) is 0 Å². The molecule has 0 amide bonds. The Labute approximate surface area is 116 Å². The summed E-state index contributed by atoms with van der Waals surface area (Å²) >= 11 is 0. The Hall–Kier alpha value is -0.450. The van der Waals surface area contributed by atoms with Crippen molar-refractivity contribution in [2.75, 3.05) is 33.4 Å². The van der Waals surface area contributed by atoms with E-state index in [2.05, 4.69) is 11.8 Å². The van der Waals surface area contributed by atoms with E-state index in [9.17, 15) is 9.90 Å². The van der Waals surface area contributed by atoms with Gasteiger partial charge < -0.3 is 14.7 Å². The van der Waals surface area contributed by atoms with E-state index >= 15 is 0 Å². The maximum absolute atomic E-state index is 11.9. The largest absolute Gasteiger partial charge is 0.388 e. The Morgan fingerprint density at radius 2 is 2.11 bits per heavy atom. The molecule has 0 spiro atoms. The molecule has 4 nitrogen and oxygen atoms in total. The SMILES string of the molecule is CC1CCC(=O)C(CN(C)CC2(O)CCOCC2)C1. The smallest absolute Gasteiger partial charge is 0.137 e. The predicted octanol–water partition coefficient (Wildman–Crippen LogP) is 1.46. The minimum Gasteiger partial charge on any atom is -0.388 e. The quantitative estimate of drug-likeness (QED) is 0.839. The van der Waals surface area contributed by atoms with Crippen LogP contribution in [0, 0.1) is 11.8 Å². The van der Waals surface area contributed by atoms with E-state index in [0.29, 0.717) is 44.3 Å². The van der Waals surface area contributed by atoms with Gasteiger partial charge in [-0.2, -0.15) is 0 Å². The van der Waals surface area contributed by atoms with E-state index in [1.807, 2.05) is 7.05 Å². The second kappa shape index (κ2) is 6.33. The molecule has 1 aliphatic carbocycles. The molecule has 19 heavy (non-hydrogen) atoms. The monoisotopic (exact) mass is 269 g/mol. The third-order valence-electron chi connectivity index (χ3n) is 4.55. The Bertz CT molecular complexity index is 313.